The minimum atomic E-state index is -0.134. The molecule has 0 aliphatic heterocycles. The molecule has 1 unspecified atom stereocenters. The number of aromatic nitrogens is 1. The highest BCUT2D eigenvalue weighted by Crippen LogP contribution is 2.20. The van der Waals surface area contributed by atoms with Crippen LogP contribution in [0.1, 0.15) is 13.3 Å². The van der Waals surface area contributed by atoms with Crippen molar-refractivity contribution >= 4 is 27.5 Å². The molecule has 1 amide bonds. The molecule has 1 aromatic rings. The summed E-state index contributed by atoms with van der Waals surface area (Å²) >= 11 is 3.31. The SMILES string of the molecule is CCC(CN)C(=O)Nc1ccncc1Br. The van der Waals surface area contributed by atoms with Crippen LogP contribution in [0.5, 0.6) is 0 Å². The van der Waals surface area contributed by atoms with E-state index in [-0.39, 0.29) is 11.8 Å². The van der Waals surface area contributed by atoms with Crippen LogP contribution in [0.2, 0.25) is 0 Å². The number of carbonyl (C=O) groups is 1. The first-order valence-electron chi connectivity index (χ1n) is 4.79. The molecule has 1 aromatic heterocycles. The van der Waals surface area contributed by atoms with Gasteiger partial charge >= 0.3 is 0 Å². The molecule has 1 heterocycles. The minimum Gasteiger partial charge on any atom is -0.330 e. The Morgan fingerprint density at radius 1 is 1.73 bits per heavy atom. The van der Waals surface area contributed by atoms with Crippen molar-refractivity contribution in [3.8, 4) is 0 Å². The van der Waals surface area contributed by atoms with Crippen LogP contribution in [-0.4, -0.2) is 17.4 Å². The van der Waals surface area contributed by atoms with E-state index in [9.17, 15) is 4.79 Å². The van der Waals surface area contributed by atoms with Crippen molar-refractivity contribution < 1.29 is 4.79 Å². The summed E-state index contributed by atoms with van der Waals surface area (Å²) in [6, 6.07) is 1.74. The number of hydrogen-bond donors (Lipinski definition) is 2. The molecule has 5 heteroatoms. The van der Waals surface area contributed by atoms with E-state index < -0.39 is 0 Å². The summed E-state index contributed by atoms with van der Waals surface area (Å²) in [6.45, 7) is 2.31. The summed E-state index contributed by atoms with van der Waals surface area (Å²) in [6.07, 6.45) is 4.01. The van der Waals surface area contributed by atoms with Crippen molar-refractivity contribution in [3.05, 3.63) is 22.9 Å². The fourth-order valence-electron chi connectivity index (χ4n) is 1.17. The summed E-state index contributed by atoms with van der Waals surface area (Å²) in [5.41, 5.74) is 6.21. The minimum absolute atomic E-state index is 0.0492. The number of anilines is 1. The third-order valence-corrected chi connectivity index (χ3v) is 2.81. The topological polar surface area (TPSA) is 68.0 Å². The lowest BCUT2D eigenvalue weighted by Crippen LogP contribution is -2.28. The molecule has 0 fully saturated rings. The van der Waals surface area contributed by atoms with Crippen LogP contribution in [0.15, 0.2) is 22.9 Å². The fraction of sp³-hybridized carbons (Fsp3) is 0.400. The molecule has 0 saturated heterocycles. The fourth-order valence-corrected chi connectivity index (χ4v) is 1.52. The van der Waals surface area contributed by atoms with Crippen LogP contribution in [0.3, 0.4) is 0 Å². The summed E-state index contributed by atoms with van der Waals surface area (Å²) in [7, 11) is 0. The van der Waals surface area contributed by atoms with Crippen LogP contribution in [0.25, 0.3) is 0 Å². The number of nitrogens with one attached hydrogen (secondary N) is 1. The quantitative estimate of drug-likeness (QED) is 0.877. The summed E-state index contributed by atoms with van der Waals surface area (Å²) in [5.74, 6) is -0.183. The van der Waals surface area contributed by atoms with Gasteiger partial charge in [0, 0.05) is 18.9 Å². The van der Waals surface area contributed by atoms with Crippen molar-refractivity contribution in [2.45, 2.75) is 13.3 Å². The standard InChI is InChI=1S/C10H14BrN3O/c1-2-7(5-12)10(15)14-9-3-4-13-6-8(9)11/h3-4,6-7H,2,5,12H2,1H3,(H,13,14,15). The van der Waals surface area contributed by atoms with Gasteiger partial charge in [0.2, 0.25) is 5.91 Å². The lowest BCUT2D eigenvalue weighted by molar-refractivity contribution is -0.119. The molecule has 1 rings (SSSR count). The second kappa shape index (κ2) is 5.82. The van der Waals surface area contributed by atoms with Gasteiger partial charge in [-0.2, -0.15) is 0 Å². The van der Waals surface area contributed by atoms with Crippen molar-refractivity contribution in [2.24, 2.45) is 11.7 Å². The van der Waals surface area contributed by atoms with E-state index in [1.54, 1.807) is 18.5 Å². The van der Waals surface area contributed by atoms with E-state index in [1.165, 1.54) is 0 Å². The first kappa shape index (κ1) is 12.1. The molecule has 0 spiro atoms. The Kier molecular flexibility index (Phi) is 4.71. The van der Waals surface area contributed by atoms with E-state index >= 15 is 0 Å². The Morgan fingerprint density at radius 3 is 3.00 bits per heavy atom. The maximum Gasteiger partial charge on any atom is 0.228 e. The van der Waals surface area contributed by atoms with Gasteiger partial charge in [-0.25, -0.2) is 0 Å². The van der Waals surface area contributed by atoms with Crippen molar-refractivity contribution in [3.63, 3.8) is 0 Å². The van der Waals surface area contributed by atoms with Gasteiger partial charge in [0.25, 0.3) is 0 Å². The molecule has 4 nitrogen and oxygen atoms in total. The zero-order valence-corrected chi connectivity index (χ0v) is 10.1. The molecule has 0 bridgehead atoms. The zero-order chi connectivity index (χ0) is 11.3. The molecular weight excluding hydrogens is 258 g/mol. The maximum atomic E-state index is 11.7. The number of carbonyl (C=O) groups excluding carboxylic acids is 1. The van der Waals surface area contributed by atoms with E-state index in [2.05, 4.69) is 26.2 Å². The first-order valence-corrected chi connectivity index (χ1v) is 5.58. The van der Waals surface area contributed by atoms with E-state index in [4.69, 9.17) is 5.73 Å². The zero-order valence-electron chi connectivity index (χ0n) is 8.53. The molecule has 0 saturated carbocycles. The Labute approximate surface area is 97.4 Å². The molecule has 3 N–H and O–H groups in total. The van der Waals surface area contributed by atoms with E-state index in [1.807, 2.05) is 6.92 Å². The maximum absolute atomic E-state index is 11.7. The van der Waals surface area contributed by atoms with Gasteiger partial charge in [0.15, 0.2) is 0 Å². The lowest BCUT2D eigenvalue weighted by atomic mass is 10.1. The van der Waals surface area contributed by atoms with Crippen LogP contribution in [-0.2, 0) is 4.79 Å². The summed E-state index contributed by atoms with van der Waals surface area (Å²) in [5, 5.41) is 2.81. The molecule has 15 heavy (non-hydrogen) atoms. The predicted octanol–water partition coefficient (Wildman–Crippen LogP) is 1.77. The van der Waals surface area contributed by atoms with Crippen molar-refractivity contribution in [1.82, 2.24) is 4.98 Å². The highest BCUT2D eigenvalue weighted by Gasteiger charge is 2.15. The summed E-state index contributed by atoms with van der Waals surface area (Å²) < 4.78 is 0.769. The van der Waals surface area contributed by atoms with E-state index in [0.717, 1.165) is 16.6 Å². The van der Waals surface area contributed by atoms with Gasteiger partial charge in [-0.3, -0.25) is 9.78 Å². The predicted molar refractivity (Wildman–Crippen MR) is 63.4 cm³/mol. The number of rotatable bonds is 4. The number of pyridine rings is 1. The van der Waals surface area contributed by atoms with Crippen LogP contribution in [0.4, 0.5) is 5.69 Å². The Bertz CT molecular complexity index is 339. The number of nitrogens with zero attached hydrogens (tertiary/aromatic N) is 1. The number of halogens is 1. The van der Waals surface area contributed by atoms with Crippen molar-refractivity contribution in [1.29, 1.82) is 0 Å². The third kappa shape index (κ3) is 3.28. The van der Waals surface area contributed by atoms with Crippen LogP contribution >= 0.6 is 15.9 Å². The highest BCUT2D eigenvalue weighted by molar-refractivity contribution is 9.10. The molecule has 0 aliphatic rings. The number of hydrogen-bond acceptors (Lipinski definition) is 3. The van der Waals surface area contributed by atoms with Gasteiger partial charge in [0.1, 0.15) is 0 Å². The molecule has 1 atom stereocenters. The van der Waals surface area contributed by atoms with Gasteiger partial charge < -0.3 is 11.1 Å². The largest absolute Gasteiger partial charge is 0.330 e. The summed E-state index contributed by atoms with van der Waals surface area (Å²) in [4.78, 5) is 15.6. The molecule has 82 valence electrons. The van der Waals surface area contributed by atoms with Gasteiger partial charge in [-0.1, -0.05) is 6.92 Å². The van der Waals surface area contributed by atoms with Crippen LogP contribution < -0.4 is 11.1 Å². The monoisotopic (exact) mass is 271 g/mol. The number of amides is 1. The molecule has 0 aromatic carbocycles. The van der Waals surface area contributed by atoms with Gasteiger partial charge in [0.05, 0.1) is 16.1 Å². The Morgan fingerprint density at radius 2 is 2.47 bits per heavy atom. The van der Waals surface area contributed by atoms with Gasteiger partial charge in [-0.05, 0) is 28.4 Å². The Balaban J connectivity index is 2.70. The first-order chi connectivity index (χ1) is 7.19. The average molecular weight is 272 g/mol. The third-order valence-electron chi connectivity index (χ3n) is 2.18. The number of nitrogens with two attached hydrogens (primary N) is 1. The normalized spacial score (nSPS) is 12.2. The lowest BCUT2D eigenvalue weighted by Gasteiger charge is -2.13. The van der Waals surface area contributed by atoms with Crippen molar-refractivity contribution in [2.75, 3.05) is 11.9 Å². The second-order valence-electron chi connectivity index (χ2n) is 3.19. The van der Waals surface area contributed by atoms with Gasteiger partial charge in [-0.15, -0.1) is 0 Å². The molecule has 0 aliphatic carbocycles. The highest BCUT2D eigenvalue weighted by atomic mass is 79.9. The second-order valence-corrected chi connectivity index (χ2v) is 4.04. The van der Waals surface area contributed by atoms with Crippen LogP contribution in [0, 0.1) is 5.92 Å². The Hall–Kier alpha value is -0.940. The molecular formula is C10H14BrN3O. The average Bonchev–Trinajstić information content (AvgIpc) is 2.23. The molecule has 0 radical (unpaired) electrons. The van der Waals surface area contributed by atoms with E-state index in [0.29, 0.717) is 6.54 Å². The smallest absolute Gasteiger partial charge is 0.228 e.